The number of rotatable bonds is 0. The van der Waals surface area contributed by atoms with Gasteiger partial charge >= 0.3 is 70.0 Å². The van der Waals surface area contributed by atoms with E-state index in [0.29, 0.717) is 0 Å². The molecule has 0 aromatic rings. The molecule has 0 bridgehead atoms. The van der Waals surface area contributed by atoms with Gasteiger partial charge in [-0.25, -0.2) is 0 Å². The van der Waals surface area contributed by atoms with Crippen molar-refractivity contribution in [3.8, 4) is 0 Å². The first-order chi connectivity index (χ1) is 3.46. The average Bonchev–Trinajstić information content (AvgIpc) is 1.25. The zero-order valence-corrected chi connectivity index (χ0v) is 13.3. The van der Waals surface area contributed by atoms with Crippen LogP contribution in [0.25, 0.3) is 0 Å². The van der Waals surface area contributed by atoms with E-state index in [-0.39, 0.29) is 94.8 Å². The Morgan fingerprint density at radius 2 is 0.750 bits per heavy atom. The molecule has 0 aromatic heterocycles. The van der Waals surface area contributed by atoms with Crippen molar-refractivity contribution in [3.63, 3.8) is 0 Å². The van der Waals surface area contributed by atoms with Gasteiger partial charge in [-0.3, -0.25) is 0 Å². The van der Waals surface area contributed by atoms with Gasteiger partial charge in [-0.1, -0.05) is 0 Å². The van der Waals surface area contributed by atoms with E-state index in [0.717, 1.165) is 0 Å². The van der Waals surface area contributed by atoms with Crippen LogP contribution in [0.5, 0.6) is 0 Å². The fourth-order valence-electron chi connectivity index (χ4n) is 0. The molecule has 0 rings (SSSR count). The van der Waals surface area contributed by atoms with Crippen LogP contribution < -0.4 is 44.0 Å². The summed E-state index contributed by atoms with van der Waals surface area (Å²) in [5.74, 6) is 0. The molecule has 0 unspecified atom stereocenters. The third kappa shape index (κ3) is 324. The summed E-state index contributed by atoms with van der Waals surface area (Å²) in [4.78, 5) is 34.1. The summed E-state index contributed by atoms with van der Waals surface area (Å²) in [6.45, 7) is 0. The Hall–Kier alpha value is 2.16. The van der Waals surface area contributed by atoms with Gasteiger partial charge in [0.2, 0.25) is 0 Å². The predicted octanol–water partition coefficient (Wildman–Crippen LogP) is -11.7. The molecule has 0 atom stereocenters. The first-order valence-corrected chi connectivity index (χ1v) is 3.67. The van der Waals surface area contributed by atoms with Gasteiger partial charge in [0.25, 0.3) is 0 Å². The van der Waals surface area contributed by atoms with E-state index in [9.17, 15) is 0 Å². The Balaban J connectivity index is -0.0000000112. The topological polar surface area (TPSA) is 126 Å². The van der Waals surface area contributed by atoms with Crippen molar-refractivity contribution in [2.45, 2.75) is 0 Å². The molecule has 0 fully saturated rings. The van der Waals surface area contributed by atoms with Crippen LogP contribution in [0.2, 0.25) is 0 Å². The molecule has 6 nitrogen and oxygen atoms in total. The molecule has 12 heteroatoms. The SMILES string of the molecule is O=[Si]([O-])[O-].O=[Si]([O-])[O-].[Cl-].[Cl-].[Er+3].[Y+3]. The van der Waals surface area contributed by atoms with Crippen molar-refractivity contribution < 1.29 is 123 Å². The summed E-state index contributed by atoms with van der Waals surface area (Å²) < 4.78 is 17.0. The van der Waals surface area contributed by atoms with E-state index in [4.69, 9.17) is 28.1 Å². The van der Waals surface area contributed by atoms with Crippen LogP contribution in [0, 0.1) is 37.3 Å². The van der Waals surface area contributed by atoms with Crippen LogP contribution in [-0.2, 0) is 41.6 Å². The minimum Gasteiger partial charge on any atom is -1.00 e. The molecule has 0 N–H and O–H groups in total. The smallest absolute Gasteiger partial charge is 1.00 e. The summed E-state index contributed by atoms with van der Waals surface area (Å²) in [5.41, 5.74) is 0. The van der Waals surface area contributed by atoms with Crippen LogP contribution in [0.15, 0.2) is 0 Å². The van der Waals surface area contributed by atoms with Crippen molar-refractivity contribution in [1.29, 1.82) is 0 Å². The minimum absolute atomic E-state index is 0. The molecule has 0 amide bonds. The fraction of sp³-hybridized carbons (Fsp3) is 0. The Morgan fingerprint density at radius 3 is 0.750 bits per heavy atom. The Morgan fingerprint density at radius 1 is 0.750 bits per heavy atom. The zero-order valence-electron chi connectivity index (χ0n) is 5.07. The van der Waals surface area contributed by atoms with E-state index >= 15 is 0 Å². The monoisotopic (exact) mass is 477 g/mol. The van der Waals surface area contributed by atoms with Gasteiger partial charge in [0.05, 0.1) is 0 Å². The predicted molar refractivity (Wildman–Crippen MR) is 12.9 cm³/mol. The number of hydrogen-bond acceptors (Lipinski definition) is 6. The van der Waals surface area contributed by atoms with Gasteiger partial charge in [-0.15, -0.1) is 0 Å². The molecule has 0 aliphatic heterocycles. The standard InChI is InChI=1S/2ClH.Er.2O3Si.Y/c;;;2*1-4(2)3;/h2*1H;;;;/q;;+3;2*-2;+3/p-2. The minimum atomic E-state index is -3.63. The van der Waals surface area contributed by atoms with Gasteiger partial charge in [0.15, 0.2) is 0 Å². The van der Waals surface area contributed by atoms with Crippen molar-refractivity contribution >= 4 is 18.3 Å². The van der Waals surface area contributed by atoms with Crippen molar-refractivity contribution in [2.75, 3.05) is 0 Å². The summed E-state index contributed by atoms with van der Waals surface area (Å²) in [6.07, 6.45) is 0. The Bertz CT molecular complexity index is 81.5. The molecule has 0 spiro atoms. The van der Waals surface area contributed by atoms with Crippen molar-refractivity contribution in [2.24, 2.45) is 0 Å². The molecule has 12 heavy (non-hydrogen) atoms. The molecule has 0 aliphatic carbocycles. The van der Waals surface area contributed by atoms with Crippen molar-refractivity contribution in [3.05, 3.63) is 0 Å². The first kappa shape index (κ1) is 36.8. The molecule has 73 valence electrons. The largest absolute Gasteiger partial charge is 3.00 e. The van der Waals surface area contributed by atoms with E-state index in [2.05, 4.69) is 0 Å². The van der Waals surface area contributed by atoms with Gasteiger partial charge in [-0.05, 0) is 0 Å². The van der Waals surface area contributed by atoms with E-state index in [1.54, 1.807) is 0 Å². The Kier molecular flexibility index (Phi) is 89.7. The third-order valence-electron chi connectivity index (χ3n) is 0. The fourth-order valence-corrected chi connectivity index (χ4v) is 0. The van der Waals surface area contributed by atoms with Crippen molar-refractivity contribution in [1.82, 2.24) is 0 Å². The second-order valence-corrected chi connectivity index (χ2v) is 1.50. The van der Waals surface area contributed by atoms with E-state index in [1.807, 2.05) is 0 Å². The molecule has 0 saturated heterocycles. The summed E-state index contributed by atoms with van der Waals surface area (Å²) >= 11 is 0. The molecule has 0 aliphatic rings. The maximum atomic E-state index is 8.52. The summed E-state index contributed by atoms with van der Waals surface area (Å²) in [5, 5.41) is 0. The molecule has 0 heterocycles. The van der Waals surface area contributed by atoms with Gasteiger partial charge in [0, 0.05) is 18.3 Å². The maximum absolute atomic E-state index is 8.52. The molecule has 0 aromatic carbocycles. The van der Waals surface area contributed by atoms with E-state index < -0.39 is 18.3 Å². The second-order valence-electron chi connectivity index (χ2n) is 0.500. The molecular weight excluding hydrogens is 479 g/mol. The first-order valence-electron chi connectivity index (χ1n) is 1.22. The maximum Gasteiger partial charge on any atom is 3.00 e. The average molecular weight is 479 g/mol. The van der Waals surface area contributed by atoms with Crippen LogP contribution >= 0.6 is 0 Å². The van der Waals surface area contributed by atoms with Gasteiger partial charge in [0.1, 0.15) is 0 Å². The van der Waals surface area contributed by atoms with Gasteiger partial charge in [-0.2, -0.15) is 0 Å². The quantitative estimate of drug-likeness (QED) is 0.318. The zero-order chi connectivity index (χ0) is 7.15. The van der Waals surface area contributed by atoms with Crippen LogP contribution in [0.3, 0.4) is 0 Å². The van der Waals surface area contributed by atoms with Crippen LogP contribution in [0.4, 0.5) is 0 Å². The molecule has 0 saturated carbocycles. The second kappa shape index (κ2) is 29.2. The third-order valence-corrected chi connectivity index (χ3v) is 0. The van der Waals surface area contributed by atoms with Crippen LogP contribution in [-0.4, -0.2) is 18.3 Å². The van der Waals surface area contributed by atoms with Gasteiger partial charge < -0.3 is 52.9 Å². The number of hydrogen-bond donors (Lipinski definition) is 0. The number of halogens is 2. The normalized spacial score (nSPS) is 4.00. The molecule has 1 radical (unpaired) electrons. The van der Waals surface area contributed by atoms with Crippen LogP contribution in [0.1, 0.15) is 0 Å². The Labute approximate surface area is 139 Å². The summed E-state index contributed by atoms with van der Waals surface area (Å²) in [7, 11) is -7.26. The van der Waals surface area contributed by atoms with E-state index in [1.165, 1.54) is 0 Å². The summed E-state index contributed by atoms with van der Waals surface area (Å²) in [6, 6.07) is 0. The molecular formula is Cl2ErO6Si2Y.